The summed E-state index contributed by atoms with van der Waals surface area (Å²) < 4.78 is 7.68. The highest BCUT2D eigenvalue weighted by atomic mass is 32.1. The maximum Gasteiger partial charge on any atom is 0.0896 e. The fourth-order valence-corrected chi connectivity index (χ4v) is 3.07. The van der Waals surface area contributed by atoms with Gasteiger partial charge in [-0.3, -0.25) is 4.68 Å². The smallest absolute Gasteiger partial charge is 0.0896 e. The van der Waals surface area contributed by atoms with Crippen molar-refractivity contribution in [1.29, 1.82) is 0 Å². The Morgan fingerprint density at radius 2 is 2.53 bits per heavy atom. The number of rotatable bonds is 5. The molecule has 1 saturated heterocycles. The normalized spacial score (nSPS) is 23.0. The number of nitrogens with zero attached hydrogens (tertiary/aromatic N) is 3. The molecule has 5 nitrogen and oxygen atoms in total. The van der Waals surface area contributed by atoms with E-state index in [1.54, 1.807) is 11.3 Å². The number of aromatic nitrogens is 3. The summed E-state index contributed by atoms with van der Waals surface area (Å²) in [5.74, 6) is 0.517. The molecule has 19 heavy (non-hydrogen) atoms. The molecule has 6 heteroatoms. The maximum absolute atomic E-state index is 5.85. The molecule has 1 N–H and O–H groups in total. The van der Waals surface area contributed by atoms with E-state index in [-0.39, 0.29) is 6.10 Å². The third-order valence-electron chi connectivity index (χ3n) is 3.46. The van der Waals surface area contributed by atoms with Crippen molar-refractivity contribution in [3.63, 3.8) is 0 Å². The molecule has 1 fully saturated rings. The Hall–Kier alpha value is -1.24. The largest absolute Gasteiger partial charge is 0.373 e. The van der Waals surface area contributed by atoms with E-state index in [2.05, 4.69) is 20.8 Å². The Bertz CT molecular complexity index is 510. The van der Waals surface area contributed by atoms with Crippen molar-refractivity contribution in [2.75, 3.05) is 13.2 Å². The van der Waals surface area contributed by atoms with Crippen LogP contribution >= 0.6 is 11.3 Å². The SMILES string of the molecule is Cn1cc([C@H]2OCC[C@@H]2CNCc2cscn2)cn1. The number of ether oxygens (including phenoxy) is 1. The summed E-state index contributed by atoms with van der Waals surface area (Å²) in [6.45, 7) is 2.62. The van der Waals surface area contributed by atoms with Crippen LogP contribution in [0, 0.1) is 5.92 Å². The zero-order valence-electron chi connectivity index (χ0n) is 11.0. The molecule has 3 rings (SSSR count). The number of hydrogen-bond donors (Lipinski definition) is 1. The molecule has 2 atom stereocenters. The van der Waals surface area contributed by atoms with E-state index < -0.39 is 0 Å². The van der Waals surface area contributed by atoms with Crippen LogP contribution in [0.25, 0.3) is 0 Å². The molecule has 2 aromatic rings. The third kappa shape index (κ3) is 3.02. The Morgan fingerprint density at radius 1 is 1.58 bits per heavy atom. The lowest BCUT2D eigenvalue weighted by atomic mass is 9.97. The molecule has 102 valence electrons. The maximum atomic E-state index is 5.85. The van der Waals surface area contributed by atoms with Gasteiger partial charge in [-0.05, 0) is 6.42 Å². The number of hydrogen-bond acceptors (Lipinski definition) is 5. The van der Waals surface area contributed by atoms with Crippen molar-refractivity contribution in [1.82, 2.24) is 20.1 Å². The molecule has 3 heterocycles. The van der Waals surface area contributed by atoms with E-state index >= 15 is 0 Å². The van der Waals surface area contributed by atoms with Crippen molar-refractivity contribution in [2.24, 2.45) is 13.0 Å². The molecule has 0 radical (unpaired) electrons. The van der Waals surface area contributed by atoms with Crippen LogP contribution in [0.4, 0.5) is 0 Å². The topological polar surface area (TPSA) is 52.0 Å². The number of nitrogens with one attached hydrogen (secondary N) is 1. The first-order valence-electron chi connectivity index (χ1n) is 6.51. The van der Waals surface area contributed by atoms with Gasteiger partial charge in [-0.1, -0.05) is 0 Å². The summed E-state index contributed by atoms with van der Waals surface area (Å²) in [6, 6.07) is 0. The van der Waals surface area contributed by atoms with Crippen molar-refractivity contribution in [3.05, 3.63) is 34.5 Å². The first-order chi connectivity index (χ1) is 9.33. The van der Waals surface area contributed by atoms with E-state index in [0.29, 0.717) is 5.92 Å². The van der Waals surface area contributed by atoms with Crippen molar-refractivity contribution in [2.45, 2.75) is 19.1 Å². The summed E-state index contributed by atoms with van der Waals surface area (Å²) in [5, 5.41) is 9.78. The quantitative estimate of drug-likeness (QED) is 0.905. The minimum atomic E-state index is 0.177. The van der Waals surface area contributed by atoms with Crippen LogP contribution in [-0.2, 0) is 18.3 Å². The van der Waals surface area contributed by atoms with Gasteiger partial charge in [-0.25, -0.2) is 4.98 Å². The molecule has 0 unspecified atom stereocenters. The zero-order valence-corrected chi connectivity index (χ0v) is 11.8. The van der Waals surface area contributed by atoms with Gasteiger partial charge in [-0.2, -0.15) is 5.10 Å². The van der Waals surface area contributed by atoms with E-state index in [0.717, 1.165) is 31.8 Å². The summed E-state index contributed by atoms with van der Waals surface area (Å²) in [5.41, 5.74) is 4.16. The lowest BCUT2D eigenvalue weighted by molar-refractivity contribution is 0.0904. The lowest BCUT2D eigenvalue weighted by Gasteiger charge is -2.17. The standard InChI is InChI=1S/C13H18N4OS/c1-17-7-11(5-16-17)13-10(2-3-18-13)4-14-6-12-8-19-9-15-12/h5,7-10,13-14H,2-4,6H2,1H3/t10-,13+/m1/s1. The molecule has 0 bridgehead atoms. The van der Waals surface area contributed by atoms with Crippen LogP contribution in [0.15, 0.2) is 23.3 Å². The van der Waals surface area contributed by atoms with Gasteiger partial charge in [0.1, 0.15) is 0 Å². The number of thiazole rings is 1. The van der Waals surface area contributed by atoms with Crippen LogP contribution in [-0.4, -0.2) is 27.9 Å². The van der Waals surface area contributed by atoms with Crippen LogP contribution in [0.5, 0.6) is 0 Å². The van der Waals surface area contributed by atoms with E-state index in [4.69, 9.17) is 4.74 Å². The van der Waals surface area contributed by atoms with Crippen LogP contribution in [0.1, 0.15) is 23.8 Å². The minimum Gasteiger partial charge on any atom is -0.373 e. The van der Waals surface area contributed by atoms with Gasteiger partial charge in [0.25, 0.3) is 0 Å². The van der Waals surface area contributed by atoms with Crippen molar-refractivity contribution in [3.8, 4) is 0 Å². The Morgan fingerprint density at radius 3 is 3.26 bits per heavy atom. The van der Waals surface area contributed by atoms with Gasteiger partial charge in [0.2, 0.25) is 0 Å². The second-order valence-electron chi connectivity index (χ2n) is 4.90. The van der Waals surface area contributed by atoms with E-state index in [9.17, 15) is 0 Å². The molecule has 0 spiro atoms. The Labute approximate surface area is 116 Å². The number of aryl methyl sites for hydroxylation is 1. The van der Waals surface area contributed by atoms with Gasteiger partial charge in [-0.15, -0.1) is 11.3 Å². The highest BCUT2D eigenvalue weighted by Gasteiger charge is 2.30. The van der Waals surface area contributed by atoms with Crippen LogP contribution in [0.2, 0.25) is 0 Å². The highest BCUT2D eigenvalue weighted by Crippen LogP contribution is 2.33. The monoisotopic (exact) mass is 278 g/mol. The fraction of sp³-hybridized carbons (Fsp3) is 0.538. The zero-order chi connectivity index (χ0) is 13.1. The van der Waals surface area contributed by atoms with Crippen molar-refractivity contribution < 1.29 is 4.74 Å². The molecule has 0 aliphatic carbocycles. The summed E-state index contributed by atoms with van der Waals surface area (Å²) in [7, 11) is 1.94. The molecule has 2 aromatic heterocycles. The lowest BCUT2D eigenvalue weighted by Crippen LogP contribution is -2.24. The van der Waals surface area contributed by atoms with E-state index in [1.807, 2.05) is 29.6 Å². The molecular weight excluding hydrogens is 260 g/mol. The third-order valence-corrected chi connectivity index (χ3v) is 4.10. The van der Waals surface area contributed by atoms with Gasteiger partial charge >= 0.3 is 0 Å². The first kappa shape index (κ1) is 12.8. The molecule has 0 aromatic carbocycles. The molecule has 0 amide bonds. The Kier molecular flexibility index (Phi) is 3.91. The average Bonchev–Trinajstić information content (AvgIpc) is 3.10. The average molecular weight is 278 g/mol. The van der Waals surface area contributed by atoms with Gasteiger partial charge in [0.05, 0.1) is 23.5 Å². The molecule has 1 aliphatic rings. The second-order valence-corrected chi connectivity index (χ2v) is 5.62. The minimum absolute atomic E-state index is 0.177. The Balaban J connectivity index is 1.55. The first-order valence-corrected chi connectivity index (χ1v) is 7.45. The van der Waals surface area contributed by atoms with Gasteiger partial charge < -0.3 is 10.1 Å². The summed E-state index contributed by atoms with van der Waals surface area (Å²) >= 11 is 1.64. The van der Waals surface area contributed by atoms with Crippen LogP contribution < -0.4 is 5.32 Å². The van der Waals surface area contributed by atoms with Gasteiger partial charge in [0, 0.05) is 49.8 Å². The second kappa shape index (κ2) is 5.81. The molecular formula is C13H18N4OS. The van der Waals surface area contributed by atoms with Crippen LogP contribution in [0.3, 0.4) is 0 Å². The summed E-state index contributed by atoms with van der Waals surface area (Å²) in [6.07, 6.45) is 5.23. The molecule has 1 aliphatic heterocycles. The predicted octanol–water partition coefficient (Wildman–Crippen LogP) is 1.74. The predicted molar refractivity (Wildman–Crippen MR) is 73.8 cm³/mol. The van der Waals surface area contributed by atoms with E-state index in [1.165, 1.54) is 5.56 Å². The fourth-order valence-electron chi connectivity index (χ4n) is 2.51. The highest BCUT2D eigenvalue weighted by molar-refractivity contribution is 7.07. The van der Waals surface area contributed by atoms with Crippen molar-refractivity contribution >= 4 is 11.3 Å². The summed E-state index contributed by atoms with van der Waals surface area (Å²) in [4.78, 5) is 4.27. The molecule has 0 saturated carbocycles. The van der Waals surface area contributed by atoms with Gasteiger partial charge in [0.15, 0.2) is 0 Å².